The lowest BCUT2D eigenvalue weighted by molar-refractivity contribution is -0.145. The molecule has 3 heterocycles. The van der Waals surface area contributed by atoms with E-state index in [0.717, 1.165) is 55.2 Å². The van der Waals surface area contributed by atoms with Crippen molar-refractivity contribution in [2.45, 2.75) is 148 Å². The van der Waals surface area contributed by atoms with Crippen LogP contribution in [0.15, 0.2) is 17.3 Å². The Balaban J connectivity index is 1.25. The summed E-state index contributed by atoms with van der Waals surface area (Å²) >= 11 is 6.47. The third kappa shape index (κ3) is 8.59. The van der Waals surface area contributed by atoms with Crippen LogP contribution in [-0.4, -0.2) is 76.3 Å². The molecule has 4 amide bonds. The topological polar surface area (TPSA) is 156 Å². The average molecular weight is 726 g/mol. The molecule has 2 saturated carbocycles. The lowest BCUT2D eigenvalue weighted by atomic mass is 9.84. The smallest absolute Gasteiger partial charge is 0.289 e. The Hall–Kier alpha value is -3.51. The van der Waals surface area contributed by atoms with E-state index in [-0.39, 0.29) is 37.3 Å². The van der Waals surface area contributed by atoms with Gasteiger partial charge in [-0.05, 0) is 66.7 Å². The zero-order valence-electron chi connectivity index (χ0n) is 30.3. The molecule has 0 radical (unpaired) electrons. The Morgan fingerprint density at radius 2 is 1.78 bits per heavy atom. The van der Waals surface area contributed by atoms with Gasteiger partial charge < -0.3 is 30.4 Å². The maximum atomic E-state index is 14.7. The first-order valence-corrected chi connectivity index (χ1v) is 19.0. The number of Topliss-reactive ketones (excluding diaryl/α,β-unsaturated/α-hetero) is 1. The van der Waals surface area contributed by atoms with Gasteiger partial charge in [0, 0.05) is 35.9 Å². The van der Waals surface area contributed by atoms with Gasteiger partial charge in [-0.1, -0.05) is 70.1 Å². The highest BCUT2D eigenvalue weighted by atomic mass is 35.5. The number of carbonyl (C=O) groups is 5. The van der Waals surface area contributed by atoms with Crippen molar-refractivity contribution in [2.75, 3.05) is 6.54 Å². The number of hydrogen-bond donors (Lipinski definition) is 3. The Labute approximate surface area is 305 Å². The Bertz CT molecular complexity index is 1580. The lowest BCUT2D eigenvalue weighted by Crippen LogP contribution is -2.59. The number of ether oxygens (including phenoxy) is 1. The predicted octanol–water partition coefficient (Wildman–Crippen LogP) is 4.47. The third-order valence-corrected chi connectivity index (χ3v) is 11.1. The molecule has 1 spiro atoms. The summed E-state index contributed by atoms with van der Waals surface area (Å²) in [5, 5.41) is 13.6. The van der Waals surface area contributed by atoms with Crippen molar-refractivity contribution in [2.24, 2.45) is 16.5 Å². The highest BCUT2D eigenvalue weighted by Gasteiger charge is 2.56. The van der Waals surface area contributed by atoms with Crippen LogP contribution in [0.4, 0.5) is 0 Å². The molecule has 51 heavy (non-hydrogen) atoms. The van der Waals surface area contributed by atoms with Crippen LogP contribution in [-0.2, 0) is 46.8 Å². The molecule has 1 unspecified atom stereocenters. The molecule has 1 aromatic rings. The standard InChI is InChI=1S/C38H52ClN5O7/c1-5-9-28(32(46)35(48)40-25-12-13-25)41-34(47)30-18-38(17-29(43-51-38)26-16-24(39)15-23-19-50-20-27(23)26)21-44(30)36(49)33(37(2,3)4)42-31(45)14-22-10-7-6-8-11-22/h15-16,22,25,28,30,33H,5-14,17-21H2,1-4H3,(H,40,48)(H,41,47)(H,42,45)/t28-,30+,33+,38?/m1/s1. The van der Waals surface area contributed by atoms with Gasteiger partial charge in [-0.25, -0.2) is 0 Å². The van der Waals surface area contributed by atoms with Gasteiger partial charge in [0.25, 0.3) is 5.91 Å². The summed E-state index contributed by atoms with van der Waals surface area (Å²) in [6.45, 7) is 8.44. The van der Waals surface area contributed by atoms with Gasteiger partial charge in [-0.3, -0.25) is 24.0 Å². The maximum Gasteiger partial charge on any atom is 0.289 e. The maximum absolute atomic E-state index is 14.7. The van der Waals surface area contributed by atoms with Gasteiger partial charge in [0.15, 0.2) is 5.60 Å². The van der Waals surface area contributed by atoms with Crippen LogP contribution in [0.3, 0.4) is 0 Å². The van der Waals surface area contributed by atoms with Gasteiger partial charge in [-0.15, -0.1) is 0 Å². The summed E-state index contributed by atoms with van der Waals surface area (Å²) < 4.78 is 5.69. The summed E-state index contributed by atoms with van der Waals surface area (Å²) in [4.78, 5) is 76.0. The SMILES string of the molecule is CCC[C@@H](NC(=O)[C@@H]1CC2(CC(c3cc(Cl)cc4c3COC4)=NO2)CN1C(=O)[C@H](NC(=O)CC1CCCCC1)C(C)(C)C)C(=O)C(=O)NC1CC1. The molecule has 3 N–H and O–H groups in total. The molecule has 3 fully saturated rings. The summed E-state index contributed by atoms with van der Waals surface area (Å²) in [6.07, 6.45) is 8.61. The first kappa shape index (κ1) is 37.3. The molecule has 5 aliphatic rings. The number of carbonyl (C=O) groups excluding carboxylic acids is 5. The lowest BCUT2D eigenvalue weighted by Gasteiger charge is -2.36. The second kappa shape index (κ2) is 15.2. The van der Waals surface area contributed by atoms with Crippen molar-refractivity contribution >= 4 is 46.7 Å². The van der Waals surface area contributed by atoms with E-state index >= 15 is 0 Å². The number of halogens is 1. The number of oxime groups is 1. The highest BCUT2D eigenvalue weighted by Crippen LogP contribution is 2.41. The molecule has 12 nitrogen and oxygen atoms in total. The summed E-state index contributed by atoms with van der Waals surface area (Å²) in [7, 11) is 0. The van der Waals surface area contributed by atoms with E-state index in [9.17, 15) is 24.0 Å². The molecule has 1 saturated heterocycles. The van der Waals surface area contributed by atoms with Crippen molar-refractivity contribution in [3.63, 3.8) is 0 Å². The number of likely N-dealkylation sites (tertiary alicyclic amines) is 1. The number of ketones is 1. The second-order valence-corrected chi connectivity index (χ2v) is 16.7. The number of fused-ring (bicyclic) bond motifs is 1. The van der Waals surface area contributed by atoms with Crippen molar-refractivity contribution in [3.8, 4) is 0 Å². The Morgan fingerprint density at radius 3 is 2.47 bits per heavy atom. The van der Waals surface area contributed by atoms with Crippen molar-refractivity contribution < 1.29 is 33.5 Å². The van der Waals surface area contributed by atoms with Crippen LogP contribution in [0.2, 0.25) is 5.02 Å². The van der Waals surface area contributed by atoms with E-state index in [2.05, 4.69) is 21.1 Å². The largest absolute Gasteiger partial charge is 0.387 e. The molecule has 0 bridgehead atoms. The number of amides is 4. The molecule has 278 valence electrons. The summed E-state index contributed by atoms with van der Waals surface area (Å²) in [6, 6.07) is 0.693. The fourth-order valence-corrected chi connectivity index (χ4v) is 8.18. The van der Waals surface area contributed by atoms with Gasteiger partial charge >= 0.3 is 0 Å². The van der Waals surface area contributed by atoms with Crippen LogP contribution in [0.5, 0.6) is 0 Å². The van der Waals surface area contributed by atoms with E-state index in [4.69, 9.17) is 21.2 Å². The van der Waals surface area contributed by atoms with E-state index in [1.165, 1.54) is 11.3 Å². The zero-order valence-corrected chi connectivity index (χ0v) is 31.0. The molecule has 1 aromatic carbocycles. The Kier molecular flexibility index (Phi) is 11.1. The van der Waals surface area contributed by atoms with Gasteiger partial charge in [0.1, 0.15) is 12.1 Å². The molecule has 0 aromatic heterocycles. The van der Waals surface area contributed by atoms with Crippen molar-refractivity contribution in [1.29, 1.82) is 0 Å². The first-order chi connectivity index (χ1) is 24.3. The molecule has 2 aliphatic carbocycles. The van der Waals surface area contributed by atoms with Crippen molar-refractivity contribution in [1.82, 2.24) is 20.9 Å². The molecular formula is C38H52ClN5O7. The predicted molar refractivity (Wildman–Crippen MR) is 191 cm³/mol. The average Bonchev–Trinajstić information content (AvgIpc) is 3.44. The number of nitrogens with zero attached hydrogens (tertiary/aromatic N) is 2. The molecule has 3 aliphatic heterocycles. The van der Waals surface area contributed by atoms with E-state index < -0.39 is 52.6 Å². The van der Waals surface area contributed by atoms with Crippen LogP contribution >= 0.6 is 11.6 Å². The Morgan fingerprint density at radius 1 is 1.04 bits per heavy atom. The molecular weight excluding hydrogens is 674 g/mol. The minimum Gasteiger partial charge on any atom is -0.387 e. The number of rotatable bonds is 12. The fraction of sp³-hybridized carbons (Fsp3) is 0.684. The van der Waals surface area contributed by atoms with Crippen molar-refractivity contribution in [3.05, 3.63) is 33.8 Å². The molecule has 4 atom stereocenters. The second-order valence-electron chi connectivity index (χ2n) is 16.3. The normalized spacial score (nSPS) is 24.4. The number of benzene rings is 1. The monoisotopic (exact) mass is 725 g/mol. The van der Waals surface area contributed by atoms with Gasteiger partial charge in [0.2, 0.25) is 23.5 Å². The third-order valence-electron chi connectivity index (χ3n) is 10.9. The van der Waals surface area contributed by atoms with Crippen LogP contribution < -0.4 is 16.0 Å². The van der Waals surface area contributed by atoms with Crippen LogP contribution in [0.1, 0.15) is 121 Å². The highest BCUT2D eigenvalue weighted by molar-refractivity contribution is 6.38. The van der Waals surface area contributed by atoms with E-state index in [1.807, 2.05) is 39.8 Å². The molecule has 13 heteroatoms. The number of nitrogens with one attached hydrogen (secondary N) is 3. The first-order valence-electron chi connectivity index (χ1n) is 18.7. The van der Waals surface area contributed by atoms with Crippen LogP contribution in [0.25, 0.3) is 0 Å². The van der Waals surface area contributed by atoms with E-state index in [0.29, 0.717) is 43.2 Å². The minimum absolute atomic E-state index is 0.00844. The van der Waals surface area contributed by atoms with Gasteiger partial charge in [0.05, 0.1) is 31.5 Å². The van der Waals surface area contributed by atoms with E-state index in [1.54, 1.807) is 0 Å². The minimum atomic E-state index is -1.05. The summed E-state index contributed by atoms with van der Waals surface area (Å²) in [5.74, 6) is -2.27. The van der Waals surface area contributed by atoms with Crippen LogP contribution in [0, 0.1) is 11.3 Å². The molecule has 6 rings (SSSR count). The fourth-order valence-electron chi connectivity index (χ4n) is 7.94. The quantitative estimate of drug-likeness (QED) is 0.269. The zero-order chi connectivity index (χ0) is 36.5. The summed E-state index contributed by atoms with van der Waals surface area (Å²) in [5.41, 5.74) is 1.71. The number of hydrogen-bond acceptors (Lipinski definition) is 8. The van der Waals surface area contributed by atoms with Gasteiger partial charge in [-0.2, -0.15) is 0 Å².